The Kier molecular flexibility index (Phi) is 9.49. The van der Waals surface area contributed by atoms with Gasteiger partial charge in [0.25, 0.3) is 0 Å². The Morgan fingerprint density at radius 1 is 0.775 bits per heavy atom. The first-order chi connectivity index (χ1) is 18.4. The van der Waals surface area contributed by atoms with Crippen LogP contribution in [0.1, 0.15) is 37.3 Å². The van der Waals surface area contributed by atoms with Crippen LogP contribution in [0, 0.1) is 11.8 Å². The van der Waals surface area contributed by atoms with Gasteiger partial charge in [-0.3, -0.25) is 0 Å². The highest BCUT2D eigenvalue weighted by atomic mass is 19.4. The van der Waals surface area contributed by atoms with Crippen molar-refractivity contribution in [3.8, 4) is 17.2 Å². The molecule has 2 unspecified atom stereocenters. The first-order valence-corrected chi connectivity index (χ1v) is 11.9. The zero-order valence-electron chi connectivity index (χ0n) is 20.4. The lowest BCUT2D eigenvalue weighted by Crippen LogP contribution is -2.46. The van der Waals surface area contributed by atoms with Gasteiger partial charge in [0.1, 0.15) is 17.2 Å². The van der Waals surface area contributed by atoms with Crippen LogP contribution in [0.15, 0.2) is 48.5 Å². The summed E-state index contributed by atoms with van der Waals surface area (Å²) in [5, 5.41) is 12.0. The van der Waals surface area contributed by atoms with Crippen molar-refractivity contribution in [2.24, 2.45) is 11.8 Å². The number of nitrogens with one attached hydrogen (secondary N) is 1. The third kappa shape index (κ3) is 8.35. The lowest BCUT2D eigenvalue weighted by atomic mass is 9.74. The third-order valence-electron chi connectivity index (χ3n) is 6.55. The second-order valence-electron chi connectivity index (χ2n) is 9.37. The van der Waals surface area contributed by atoms with Gasteiger partial charge in [0.15, 0.2) is 6.10 Å². The van der Waals surface area contributed by atoms with E-state index in [1.165, 1.54) is 36.4 Å². The molecule has 1 aliphatic carbocycles. The second kappa shape index (κ2) is 12.0. The van der Waals surface area contributed by atoms with E-state index >= 15 is 0 Å². The average molecular weight is 595 g/mol. The van der Waals surface area contributed by atoms with Crippen LogP contribution in [0.2, 0.25) is 0 Å². The molecule has 2 N–H and O–H groups in total. The predicted molar refractivity (Wildman–Crippen MR) is 119 cm³/mol. The van der Waals surface area contributed by atoms with E-state index in [2.05, 4.69) is 10.1 Å². The first kappa shape index (κ1) is 31.7. The standard InChI is InChI=1S/C25H24F11NO3/c26-22(27,24(31,32)33)16-6-4-14(5-7-16)21(37-13-20(38)23(28,29)30)15-2-1-3-19(12-15)39-17-8-10-18(11-9-17)40-25(34,35)36/h1-3,8-12,14,16,20-21,37-38H,4-7,13H2. The molecule has 4 nitrogen and oxygen atoms in total. The van der Waals surface area contributed by atoms with Crippen LogP contribution in [0.25, 0.3) is 0 Å². The zero-order chi connectivity index (χ0) is 29.9. The molecule has 40 heavy (non-hydrogen) atoms. The Hall–Kier alpha value is -2.81. The third-order valence-corrected chi connectivity index (χ3v) is 6.55. The fraction of sp³-hybridized carbons (Fsp3) is 0.520. The molecule has 224 valence electrons. The number of hydrogen-bond donors (Lipinski definition) is 2. The summed E-state index contributed by atoms with van der Waals surface area (Å²) < 4.78 is 151. The van der Waals surface area contributed by atoms with Gasteiger partial charge < -0.3 is 19.9 Å². The highest BCUT2D eigenvalue weighted by molar-refractivity contribution is 5.38. The molecule has 15 heteroatoms. The lowest BCUT2D eigenvalue weighted by Gasteiger charge is -2.38. The van der Waals surface area contributed by atoms with Crippen molar-refractivity contribution in [3.05, 3.63) is 54.1 Å². The molecule has 1 aliphatic rings. The van der Waals surface area contributed by atoms with E-state index in [0.29, 0.717) is 5.56 Å². The van der Waals surface area contributed by atoms with Crippen LogP contribution < -0.4 is 14.8 Å². The number of hydrogen-bond acceptors (Lipinski definition) is 4. The number of halogens is 11. The number of aliphatic hydroxyl groups is 1. The minimum absolute atomic E-state index is 0.0820. The first-order valence-electron chi connectivity index (χ1n) is 11.9. The van der Waals surface area contributed by atoms with E-state index < -0.39 is 73.8 Å². The Balaban J connectivity index is 1.78. The minimum atomic E-state index is -5.73. The van der Waals surface area contributed by atoms with Crippen molar-refractivity contribution in [2.75, 3.05) is 6.54 Å². The van der Waals surface area contributed by atoms with E-state index in [-0.39, 0.29) is 24.3 Å². The molecule has 1 saturated carbocycles. The summed E-state index contributed by atoms with van der Waals surface area (Å²) in [7, 11) is 0. The van der Waals surface area contributed by atoms with Crippen LogP contribution in [-0.2, 0) is 0 Å². The van der Waals surface area contributed by atoms with Crippen molar-refractivity contribution in [1.29, 1.82) is 0 Å². The highest BCUT2D eigenvalue weighted by Crippen LogP contribution is 2.49. The predicted octanol–water partition coefficient (Wildman–Crippen LogP) is 7.94. The zero-order valence-corrected chi connectivity index (χ0v) is 20.4. The highest BCUT2D eigenvalue weighted by Gasteiger charge is 2.62. The topological polar surface area (TPSA) is 50.7 Å². The van der Waals surface area contributed by atoms with Gasteiger partial charge in [0.05, 0.1) is 0 Å². The maximum Gasteiger partial charge on any atom is 0.573 e. The molecule has 2 aromatic rings. The van der Waals surface area contributed by atoms with Crippen molar-refractivity contribution in [3.63, 3.8) is 0 Å². The molecule has 0 heterocycles. The fourth-order valence-electron chi connectivity index (χ4n) is 4.57. The minimum Gasteiger partial charge on any atom is -0.457 e. The monoisotopic (exact) mass is 595 g/mol. The maximum absolute atomic E-state index is 13.8. The van der Waals surface area contributed by atoms with Crippen molar-refractivity contribution < 1.29 is 62.9 Å². The quantitative estimate of drug-likeness (QED) is 0.289. The van der Waals surface area contributed by atoms with Crippen LogP contribution in [0.4, 0.5) is 48.3 Å². The summed E-state index contributed by atoms with van der Waals surface area (Å²) in [4.78, 5) is 0. The molecule has 0 bridgehead atoms. The van der Waals surface area contributed by atoms with Crippen LogP contribution in [-0.4, -0.2) is 42.4 Å². The van der Waals surface area contributed by atoms with E-state index in [9.17, 15) is 53.4 Å². The van der Waals surface area contributed by atoms with Crippen molar-refractivity contribution in [1.82, 2.24) is 5.32 Å². The summed E-state index contributed by atoms with van der Waals surface area (Å²) in [6, 6.07) is 9.08. The van der Waals surface area contributed by atoms with Crippen LogP contribution in [0.5, 0.6) is 17.2 Å². The second-order valence-corrected chi connectivity index (χ2v) is 9.37. The fourth-order valence-corrected chi connectivity index (χ4v) is 4.57. The van der Waals surface area contributed by atoms with E-state index in [0.717, 1.165) is 12.1 Å². The van der Waals surface area contributed by atoms with E-state index in [4.69, 9.17) is 4.74 Å². The maximum atomic E-state index is 13.8. The molecule has 0 saturated heterocycles. The molecule has 2 atom stereocenters. The molecule has 0 spiro atoms. The van der Waals surface area contributed by atoms with Crippen LogP contribution in [0.3, 0.4) is 0 Å². The summed E-state index contributed by atoms with van der Waals surface area (Å²) >= 11 is 0. The summed E-state index contributed by atoms with van der Waals surface area (Å²) in [5.74, 6) is -7.87. The van der Waals surface area contributed by atoms with Gasteiger partial charge >= 0.3 is 24.6 Å². The Bertz CT molecular complexity index is 1090. The van der Waals surface area contributed by atoms with Gasteiger partial charge in [-0.15, -0.1) is 13.2 Å². The lowest BCUT2D eigenvalue weighted by molar-refractivity contribution is -0.306. The van der Waals surface area contributed by atoms with Crippen molar-refractivity contribution >= 4 is 0 Å². The van der Waals surface area contributed by atoms with Gasteiger partial charge in [0.2, 0.25) is 0 Å². The normalized spacial score (nSPS) is 20.6. The van der Waals surface area contributed by atoms with Gasteiger partial charge in [-0.05, 0) is 73.6 Å². The Morgan fingerprint density at radius 3 is 1.88 bits per heavy atom. The number of benzene rings is 2. The van der Waals surface area contributed by atoms with Gasteiger partial charge in [-0.1, -0.05) is 12.1 Å². The molecule has 0 aromatic heterocycles. The average Bonchev–Trinajstić information content (AvgIpc) is 2.84. The SMILES string of the molecule is OC(CNC(c1cccc(Oc2ccc(OC(F)(F)F)cc2)c1)C1CCC(C(F)(F)C(F)(F)F)CC1)C(F)(F)F. The Labute approximate surface area is 221 Å². The molecule has 3 rings (SSSR count). The van der Waals surface area contributed by atoms with Crippen molar-refractivity contribution in [2.45, 2.75) is 62.5 Å². The molecular weight excluding hydrogens is 571 g/mol. The van der Waals surface area contributed by atoms with E-state index in [1.807, 2.05) is 0 Å². The number of ether oxygens (including phenoxy) is 2. The molecule has 0 radical (unpaired) electrons. The number of alkyl halides is 11. The smallest absolute Gasteiger partial charge is 0.457 e. The van der Waals surface area contributed by atoms with E-state index in [1.54, 1.807) is 0 Å². The molecular formula is C25H24F11NO3. The van der Waals surface area contributed by atoms with Gasteiger partial charge in [-0.25, -0.2) is 0 Å². The molecule has 0 aliphatic heterocycles. The largest absolute Gasteiger partial charge is 0.573 e. The molecule has 1 fully saturated rings. The van der Waals surface area contributed by atoms with Crippen LogP contribution >= 0.6 is 0 Å². The molecule has 0 amide bonds. The number of rotatable bonds is 9. The molecule has 2 aromatic carbocycles. The van der Waals surface area contributed by atoms with Gasteiger partial charge in [-0.2, -0.15) is 35.1 Å². The summed E-state index contributed by atoms with van der Waals surface area (Å²) in [5.41, 5.74) is 0.301. The summed E-state index contributed by atoms with van der Waals surface area (Å²) in [6.07, 6.45) is -19.8. The Morgan fingerprint density at radius 2 is 1.35 bits per heavy atom. The summed E-state index contributed by atoms with van der Waals surface area (Å²) in [6.45, 7) is -0.974. The van der Waals surface area contributed by atoms with Gasteiger partial charge in [0, 0.05) is 18.5 Å². The number of aliphatic hydroxyl groups excluding tert-OH is 1.